The Morgan fingerprint density at radius 3 is 2.46 bits per heavy atom. The van der Waals surface area contributed by atoms with E-state index in [-0.39, 0.29) is 22.6 Å². The van der Waals surface area contributed by atoms with E-state index in [0.29, 0.717) is 24.5 Å². The molecule has 2 bridgehead atoms. The number of para-hydroxylation sites is 1. The number of piperidine rings is 3. The number of pyridine rings is 1. The van der Waals surface area contributed by atoms with Crippen LogP contribution in [0.4, 0.5) is 0 Å². The van der Waals surface area contributed by atoms with Crippen molar-refractivity contribution in [2.45, 2.75) is 56.7 Å². The number of methoxy groups -OCH3 is 1. The molecule has 1 aromatic heterocycles. The summed E-state index contributed by atoms with van der Waals surface area (Å²) in [6.45, 7) is 6.31. The van der Waals surface area contributed by atoms with Gasteiger partial charge in [-0.05, 0) is 37.0 Å². The molecular formula is C29H41BrN2O3. The number of benzene rings is 1. The molecule has 5 nitrogen and oxygen atoms in total. The highest BCUT2D eigenvalue weighted by molar-refractivity contribution is 5.21. The number of halogens is 1. The third kappa shape index (κ3) is 5.93. The summed E-state index contributed by atoms with van der Waals surface area (Å²) in [7, 11) is 1.87. The highest BCUT2D eigenvalue weighted by Gasteiger charge is 2.48. The maximum absolute atomic E-state index is 6.84. The highest BCUT2D eigenvalue weighted by atomic mass is 79.9. The fourth-order valence-corrected chi connectivity index (χ4v) is 6.85. The SMILES string of the molecule is COC(COC1C[N+]2(CCCOc3ccccc3)CCC1CC2)(c1cccnc1)C1CCCC1.[Br-]. The van der Waals surface area contributed by atoms with Crippen molar-refractivity contribution in [3.8, 4) is 5.75 Å². The van der Waals surface area contributed by atoms with E-state index in [9.17, 15) is 0 Å². The van der Waals surface area contributed by atoms with E-state index in [1.807, 2.05) is 55.9 Å². The molecule has 0 amide bonds. The largest absolute Gasteiger partial charge is 1.00 e. The van der Waals surface area contributed by atoms with Crippen LogP contribution in [0, 0.1) is 11.8 Å². The third-order valence-corrected chi connectivity index (χ3v) is 8.87. The number of hydrogen-bond donors (Lipinski definition) is 0. The molecule has 4 heterocycles. The molecule has 3 aliphatic heterocycles. The Hall–Kier alpha value is -1.47. The summed E-state index contributed by atoms with van der Waals surface area (Å²) in [4.78, 5) is 4.43. The van der Waals surface area contributed by atoms with Crippen molar-refractivity contribution in [1.29, 1.82) is 0 Å². The van der Waals surface area contributed by atoms with Gasteiger partial charge in [0, 0.05) is 50.2 Å². The van der Waals surface area contributed by atoms with Gasteiger partial charge in [0.25, 0.3) is 0 Å². The minimum absolute atomic E-state index is 0. The van der Waals surface area contributed by atoms with Crippen LogP contribution in [0.1, 0.15) is 50.5 Å². The summed E-state index contributed by atoms with van der Waals surface area (Å²) in [5.74, 6) is 2.16. The zero-order valence-corrected chi connectivity index (χ0v) is 22.7. The van der Waals surface area contributed by atoms with E-state index in [1.54, 1.807) is 0 Å². The molecule has 1 aliphatic carbocycles. The van der Waals surface area contributed by atoms with E-state index in [2.05, 4.69) is 11.1 Å². The second kappa shape index (κ2) is 12.2. The zero-order valence-electron chi connectivity index (χ0n) is 21.1. The lowest BCUT2D eigenvalue weighted by Gasteiger charge is -2.53. The number of nitrogens with zero attached hydrogens (tertiary/aromatic N) is 2. The standard InChI is InChI=1S/C29H41N2O3.BrH/c1-32-29(25-9-5-6-10-25,26-11-7-16-30-21-26)23-34-28-22-31(18-14-24(28)15-19-31)17-8-20-33-27-12-3-2-4-13-27;/h2-4,7,11-13,16,21,24-25,28H,5-6,8-10,14-15,17-20,22-23H2,1H3;1H/q+1;/p-1. The number of rotatable bonds is 11. The van der Waals surface area contributed by atoms with E-state index < -0.39 is 0 Å². The molecule has 2 aromatic rings. The summed E-state index contributed by atoms with van der Waals surface area (Å²) >= 11 is 0. The number of ether oxygens (including phenoxy) is 3. The molecule has 35 heavy (non-hydrogen) atoms. The van der Waals surface area contributed by atoms with Crippen LogP contribution in [0.25, 0.3) is 0 Å². The van der Waals surface area contributed by atoms with Gasteiger partial charge in [0.2, 0.25) is 0 Å². The van der Waals surface area contributed by atoms with E-state index >= 15 is 0 Å². The summed E-state index contributed by atoms with van der Waals surface area (Å²) in [5.41, 5.74) is 0.790. The van der Waals surface area contributed by atoms with Gasteiger partial charge < -0.3 is 35.7 Å². The van der Waals surface area contributed by atoms with Crippen LogP contribution in [0.15, 0.2) is 54.9 Å². The van der Waals surface area contributed by atoms with E-state index in [1.165, 1.54) is 68.2 Å². The molecule has 4 aliphatic rings. The monoisotopic (exact) mass is 544 g/mol. The first-order valence-electron chi connectivity index (χ1n) is 13.3. The van der Waals surface area contributed by atoms with Gasteiger partial charge in [0.05, 0.1) is 32.8 Å². The van der Waals surface area contributed by atoms with Crippen molar-refractivity contribution < 1.29 is 35.7 Å². The lowest BCUT2D eigenvalue weighted by Crippen LogP contribution is -3.00. The number of hydrogen-bond acceptors (Lipinski definition) is 4. The molecule has 0 spiro atoms. The number of aromatic nitrogens is 1. The molecule has 192 valence electrons. The third-order valence-electron chi connectivity index (χ3n) is 8.87. The van der Waals surface area contributed by atoms with E-state index in [4.69, 9.17) is 14.2 Å². The predicted molar refractivity (Wildman–Crippen MR) is 134 cm³/mol. The molecule has 2 atom stereocenters. The minimum Gasteiger partial charge on any atom is -1.00 e. The minimum atomic E-state index is -0.384. The Kier molecular flexibility index (Phi) is 9.25. The van der Waals surface area contributed by atoms with Gasteiger partial charge in [-0.3, -0.25) is 4.98 Å². The maximum atomic E-state index is 6.84. The smallest absolute Gasteiger partial charge is 0.120 e. The first-order chi connectivity index (χ1) is 16.7. The molecule has 0 N–H and O–H groups in total. The fraction of sp³-hybridized carbons (Fsp3) is 0.621. The molecule has 1 saturated carbocycles. The Morgan fingerprint density at radius 1 is 1.00 bits per heavy atom. The Morgan fingerprint density at radius 2 is 1.77 bits per heavy atom. The van der Waals surface area contributed by atoms with Crippen molar-refractivity contribution in [1.82, 2.24) is 4.98 Å². The number of fused-ring (bicyclic) bond motifs is 3. The molecule has 2 unspecified atom stereocenters. The fourth-order valence-electron chi connectivity index (χ4n) is 6.85. The molecule has 3 saturated heterocycles. The topological polar surface area (TPSA) is 40.6 Å². The van der Waals surface area contributed by atoms with Crippen LogP contribution in [-0.4, -0.2) is 62.1 Å². The lowest BCUT2D eigenvalue weighted by molar-refractivity contribution is -0.946. The van der Waals surface area contributed by atoms with Gasteiger partial charge >= 0.3 is 0 Å². The van der Waals surface area contributed by atoms with Crippen LogP contribution in [0.2, 0.25) is 0 Å². The van der Waals surface area contributed by atoms with Gasteiger partial charge in [0.15, 0.2) is 0 Å². The van der Waals surface area contributed by atoms with Gasteiger partial charge in [-0.15, -0.1) is 0 Å². The van der Waals surface area contributed by atoms with Gasteiger partial charge in [-0.25, -0.2) is 0 Å². The molecule has 6 rings (SSSR count). The molecule has 0 radical (unpaired) electrons. The molecule has 4 fully saturated rings. The van der Waals surface area contributed by atoms with Crippen LogP contribution in [-0.2, 0) is 15.1 Å². The van der Waals surface area contributed by atoms with Crippen LogP contribution in [0.3, 0.4) is 0 Å². The van der Waals surface area contributed by atoms with Gasteiger partial charge in [-0.2, -0.15) is 0 Å². The first kappa shape index (κ1) is 26.6. The van der Waals surface area contributed by atoms with Crippen molar-refractivity contribution in [2.24, 2.45) is 11.8 Å². The van der Waals surface area contributed by atoms with Crippen molar-refractivity contribution in [3.05, 3.63) is 60.4 Å². The zero-order chi connectivity index (χ0) is 23.3. The summed E-state index contributed by atoms with van der Waals surface area (Å²) in [5, 5.41) is 0. The second-order valence-corrected chi connectivity index (χ2v) is 10.7. The Labute approximate surface area is 221 Å². The normalized spacial score (nSPS) is 27.8. The highest BCUT2D eigenvalue weighted by Crippen LogP contribution is 2.44. The predicted octanol–water partition coefficient (Wildman–Crippen LogP) is 2.21. The van der Waals surface area contributed by atoms with Crippen LogP contribution >= 0.6 is 0 Å². The summed E-state index contributed by atoms with van der Waals surface area (Å²) < 4.78 is 20.3. The van der Waals surface area contributed by atoms with Crippen molar-refractivity contribution in [3.63, 3.8) is 0 Å². The number of quaternary nitrogens is 1. The van der Waals surface area contributed by atoms with Crippen LogP contribution in [0.5, 0.6) is 5.75 Å². The summed E-state index contributed by atoms with van der Waals surface area (Å²) in [6, 6.07) is 14.4. The van der Waals surface area contributed by atoms with Crippen LogP contribution < -0.4 is 21.7 Å². The van der Waals surface area contributed by atoms with E-state index in [0.717, 1.165) is 25.3 Å². The van der Waals surface area contributed by atoms with Gasteiger partial charge in [0.1, 0.15) is 24.0 Å². The molecule has 1 aromatic carbocycles. The quantitative estimate of drug-likeness (QED) is 0.321. The first-order valence-corrected chi connectivity index (χ1v) is 13.3. The molecular weight excluding hydrogens is 504 g/mol. The van der Waals surface area contributed by atoms with Gasteiger partial charge in [-0.1, -0.05) is 37.1 Å². The van der Waals surface area contributed by atoms with Crippen molar-refractivity contribution >= 4 is 0 Å². The second-order valence-electron chi connectivity index (χ2n) is 10.7. The Balaban J connectivity index is 0.00000289. The molecule has 6 heteroatoms. The lowest BCUT2D eigenvalue weighted by atomic mass is 9.80. The summed E-state index contributed by atoms with van der Waals surface area (Å²) in [6.07, 6.45) is 12.8. The average molecular weight is 546 g/mol. The maximum Gasteiger partial charge on any atom is 0.120 e. The Bertz CT molecular complexity index is 885. The van der Waals surface area contributed by atoms with Crippen molar-refractivity contribution in [2.75, 3.05) is 46.5 Å². The average Bonchev–Trinajstić information content (AvgIpc) is 3.45.